The van der Waals surface area contributed by atoms with Crippen molar-refractivity contribution < 1.29 is 4.79 Å². The number of carbonyl (C=O) groups is 1. The zero-order valence-corrected chi connectivity index (χ0v) is 8.71. The Kier molecular flexibility index (Phi) is 2.37. The molecule has 5 nitrogen and oxygen atoms in total. The molecule has 0 spiro atoms. The molecule has 0 radical (unpaired) electrons. The van der Waals surface area contributed by atoms with Gasteiger partial charge in [-0.2, -0.15) is 5.10 Å². The van der Waals surface area contributed by atoms with Gasteiger partial charge in [-0.25, -0.2) is 4.98 Å². The first-order valence-electron chi connectivity index (χ1n) is 4.65. The molecular weight excluding hydrogens is 192 g/mol. The first-order valence-corrected chi connectivity index (χ1v) is 4.65. The van der Waals surface area contributed by atoms with Gasteiger partial charge >= 0.3 is 0 Å². The standard InChI is InChI=1S/C10H12N4O/c1-8-9(3-12-13(8)2)5-14-7-11-4-10(14)6-15/h3-4,6-7H,5H2,1-2H3. The number of hydrogen-bond donors (Lipinski definition) is 0. The van der Waals surface area contributed by atoms with Gasteiger partial charge in [0.2, 0.25) is 0 Å². The molecule has 2 aromatic heterocycles. The van der Waals surface area contributed by atoms with Gasteiger partial charge in [-0.15, -0.1) is 0 Å². The van der Waals surface area contributed by atoms with E-state index in [1.165, 1.54) is 0 Å². The molecule has 5 heteroatoms. The van der Waals surface area contributed by atoms with Gasteiger partial charge in [0.05, 0.1) is 25.3 Å². The largest absolute Gasteiger partial charge is 0.324 e. The van der Waals surface area contributed by atoms with Crippen LogP contribution in [-0.4, -0.2) is 25.6 Å². The van der Waals surface area contributed by atoms with E-state index in [4.69, 9.17) is 0 Å². The summed E-state index contributed by atoms with van der Waals surface area (Å²) in [5, 5.41) is 4.15. The minimum atomic E-state index is 0.582. The minimum absolute atomic E-state index is 0.582. The second-order valence-corrected chi connectivity index (χ2v) is 3.44. The Bertz CT molecular complexity index is 483. The molecule has 0 saturated carbocycles. The summed E-state index contributed by atoms with van der Waals surface area (Å²) in [5.41, 5.74) is 2.78. The first kappa shape index (κ1) is 9.64. The highest BCUT2D eigenvalue weighted by molar-refractivity contribution is 5.71. The number of nitrogens with zero attached hydrogens (tertiary/aromatic N) is 4. The topological polar surface area (TPSA) is 52.7 Å². The van der Waals surface area contributed by atoms with E-state index in [0.717, 1.165) is 17.5 Å². The number of imidazole rings is 1. The van der Waals surface area contributed by atoms with Crippen LogP contribution in [0.4, 0.5) is 0 Å². The summed E-state index contributed by atoms with van der Waals surface area (Å²) in [4.78, 5) is 14.6. The highest BCUT2D eigenvalue weighted by Gasteiger charge is 2.06. The Morgan fingerprint density at radius 2 is 2.27 bits per heavy atom. The van der Waals surface area contributed by atoms with Crippen LogP contribution in [0.2, 0.25) is 0 Å². The average Bonchev–Trinajstić information content (AvgIpc) is 2.80. The minimum Gasteiger partial charge on any atom is -0.324 e. The monoisotopic (exact) mass is 204 g/mol. The summed E-state index contributed by atoms with van der Waals surface area (Å²) >= 11 is 0. The maximum absolute atomic E-state index is 10.7. The van der Waals surface area contributed by atoms with Crippen molar-refractivity contribution in [3.05, 3.63) is 35.7 Å². The Balaban J connectivity index is 2.29. The van der Waals surface area contributed by atoms with Crippen LogP contribution in [0.25, 0.3) is 0 Å². The van der Waals surface area contributed by atoms with Crippen LogP contribution in [-0.2, 0) is 13.6 Å². The number of carbonyl (C=O) groups excluding carboxylic acids is 1. The van der Waals surface area contributed by atoms with E-state index in [2.05, 4.69) is 10.1 Å². The Morgan fingerprint density at radius 3 is 2.87 bits per heavy atom. The smallest absolute Gasteiger partial charge is 0.168 e. The predicted molar refractivity (Wildman–Crippen MR) is 54.7 cm³/mol. The van der Waals surface area contributed by atoms with Crippen LogP contribution in [0.5, 0.6) is 0 Å². The molecule has 2 aromatic rings. The van der Waals surface area contributed by atoms with E-state index >= 15 is 0 Å². The zero-order chi connectivity index (χ0) is 10.8. The van der Waals surface area contributed by atoms with Crippen molar-refractivity contribution in [3.8, 4) is 0 Å². The Morgan fingerprint density at radius 1 is 1.47 bits per heavy atom. The van der Waals surface area contributed by atoms with E-state index in [0.29, 0.717) is 12.2 Å². The van der Waals surface area contributed by atoms with Gasteiger partial charge in [0.15, 0.2) is 6.29 Å². The van der Waals surface area contributed by atoms with Crippen LogP contribution in [0.1, 0.15) is 21.7 Å². The fourth-order valence-electron chi connectivity index (χ4n) is 1.44. The van der Waals surface area contributed by atoms with Gasteiger partial charge < -0.3 is 4.57 Å². The molecule has 0 fully saturated rings. The fraction of sp³-hybridized carbons (Fsp3) is 0.300. The maximum Gasteiger partial charge on any atom is 0.168 e. The molecule has 0 saturated heterocycles. The highest BCUT2D eigenvalue weighted by Crippen LogP contribution is 2.09. The number of aromatic nitrogens is 4. The van der Waals surface area contributed by atoms with Gasteiger partial charge in [0.1, 0.15) is 5.69 Å². The first-order chi connectivity index (χ1) is 7.22. The molecule has 0 amide bonds. The summed E-state index contributed by atoms with van der Waals surface area (Å²) in [5.74, 6) is 0. The molecule has 0 atom stereocenters. The molecule has 0 N–H and O–H groups in total. The lowest BCUT2D eigenvalue weighted by molar-refractivity contribution is 0.111. The van der Waals surface area contributed by atoms with Crippen LogP contribution in [0, 0.1) is 6.92 Å². The van der Waals surface area contributed by atoms with Gasteiger partial charge in [0.25, 0.3) is 0 Å². The Labute approximate surface area is 87.4 Å². The van der Waals surface area contributed by atoms with Crippen LogP contribution >= 0.6 is 0 Å². The van der Waals surface area contributed by atoms with Crippen LogP contribution in [0.3, 0.4) is 0 Å². The predicted octanol–water partition coefficient (Wildman–Crippen LogP) is 0.786. The van der Waals surface area contributed by atoms with Crippen LogP contribution < -0.4 is 0 Å². The summed E-state index contributed by atoms with van der Waals surface area (Å²) in [7, 11) is 1.90. The van der Waals surface area contributed by atoms with Crippen LogP contribution in [0.15, 0.2) is 18.7 Å². The van der Waals surface area contributed by atoms with E-state index in [9.17, 15) is 4.79 Å². The van der Waals surface area contributed by atoms with Crippen molar-refractivity contribution in [3.63, 3.8) is 0 Å². The van der Waals surface area contributed by atoms with Crippen molar-refractivity contribution in [2.45, 2.75) is 13.5 Å². The van der Waals surface area contributed by atoms with Crippen molar-refractivity contribution in [2.75, 3.05) is 0 Å². The average molecular weight is 204 g/mol. The molecule has 2 rings (SSSR count). The lowest BCUT2D eigenvalue weighted by Crippen LogP contribution is -2.03. The lowest BCUT2D eigenvalue weighted by atomic mass is 10.2. The van der Waals surface area contributed by atoms with Gasteiger partial charge in [-0.05, 0) is 6.92 Å². The fourth-order valence-corrected chi connectivity index (χ4v) is 1.44. The van der Waals surface area contributed by atoms with Gasteiger partial charge in [-0.1, -0.05) is 0 Å². The van der Waals surface area contributed by atoms with Gasteiger partial charge in [0, 0.05) is 18.3 Å². The summed E-state index contributed by atoms with van der Waals surface area (Å²) in [6.45, 7) is 2.63. The molecule has 0 aliphatic rings. The third kappa shape index (κ3) is 1.68. The van der Waals surface area contributed by atoms with E-state index in [-0.39, 0.29) is 0 Å². The summed E-state index contributed by atoms with van der Waals surface area (Å²) in [6.07, 6.45) is 5.82. The third-order valence-electron chi connectivity index (χ3n) is 2.54. The van der Waals surface area contributed by atoms with E-state index < -0.39 is 0 Å². The molecule has 78 valence electrons. The molecule has 2 heterocycles. The molecular formula is C10H12N4O. The van der Waals surface area contributed by atoms with E-state index in [1.54, 1.807) is 17.1 Å². The quantitative estimate of drug-likeness (QED) is 0.694. The molecule has 0 bridgehead atoms. The highest BCUT2D eigenvalue weighted by atomic mass is 16.1. The molecule has 0 aliphatic heterocycles. The number of rotatable bonds is 3. The number of hydrogen-bond acceptors (Lipinski definition) is 3. The normalized spacial score (nSPS) is 10.5. The SMILES string of the molecule is Cc1c(Cn2cncc2C=O)cnn1C. The van der Waals surface area contributed by atoms with Crippen molar-refractivity contribution >= 4 is 6.29 Å². The summed E-state index contributed by atoms with van der Waals surface area (Å²) in [6, 6.07) is 0. The van der Waals surface area contributed by atoms with Crippen molar-refractivity contribution in [1.82, 2.24) is 19.3 Å². The van der Waals surface area contributed by atoms with Crippen molar-refractivity contribution in [2.24, 2.45) is 7.05 Å². The zero-order valence-electron chi connectivity index (χ0n) is 8.71. The number of aryl methyl sites for hydroxylation is 1. The molecule has 0 aliphatic carbocycles. The van der Waals surface area contributed by atoms with Gasteiger partial charge in [-0.3, -0.25) is 9.48 Å². The molecule has 15 heavy (non-hydrogen) atoms. The van der Waals surface area contributed by atoms with E-state index in [1.807, 2.05) is 24.9 Å². The molecule has 0 unspecified atom stereocenters. The Hall–Kier alpha value is -1.91. The number of aldehydes is 1. The summed E-state index contributed by atoms with van der Waals surface area (Å²) < 4.78 is 3.61. The maximum atomic E-state index is 10.7. The second kappa shape index (κ2) is 3.68. The third-order valence-corrected chi connectivity index (χ3v) is 2.54. The second-order valence-electron chi connectivity index (χ2n) is 3.44. The lowest BCUT2D eigenvalue weighted by Gasteiger charge is -2.03. The van der Waals surface area contributed by atoms with Crippen molar-refractivity contribution in [1.29, 1.82) is 0 Å². The molecule has 0 aromatic carbocycles.